The zero-order chi connectivity index (χ0) is 13.9. The molecule has 0 radical (unpaired) electrons. The van der Waals surface area contributed by atoms with Gasteiger partial charge in [-0.2, -0.15) is 0 Å². The van der Waals surface area contributed by atoms with Crippen LogP contribution < -0.4 is 4.74 Å². The van der Waals surface area contributed by atoms with Gasteiger partial charge in [0.25, 0.3) is 0 Å². The quantitative estimate of drug-likeness (QED) is 0.777. The zero-order valence-corrected chi connectivity index (χ0v) is 11.0. The van der Waals surface area contributed by atoms with Gasteiger partial charge in [-0.05, 0) is 32.9 Å². The fourth-order valence-corrected chi connectivity index (χ4v) is 1.36. The van der Waals surface area contributed by atoms with Gasteiger partial charge in [0.2, 0.25) is 5.88 Å². The van der Waals surface area contributed by atoms with Gasteiger partial charge in [0.15, 0.2) is 0 Å². The lowest BCUT2D eigenvalue weighted by Gasteiger charge is -2.17. The molecule has 0 aliphatic heterocycles. The summed E-state index contributed by atoms with van der Waals surface area (Å²) in [6, 6.07) is 3.68. The monoisotopic (exact) mass is 261 g/mol. The molecule has 0 amide bonds. The van der Waals surface area contributed by atoms with E-state index in [-0.39, 0.29) is 5.88 Å². The van der Waals surface area contributed by atoms with Gasteiger partial charge in [0.05, 0.1) is 18.1 Å². The number of pyridine rings is 1. The molecule has 2 rings (SSSR count). The maximum absolute atomic E-state index is 11.5. The van der Waals surface area contributed by atoms with Crippen LogP contribution in [0, 0.1) is 0 Å². The highest BCUT2D eigenvalue weighted by Gasteiger charge is 2.18. The number of carbonyl (C=O) groups is 1. The van der Waals surface area contributed by atoms with Gasteiger partial charge in [-0.3, -0.25) is 4.98 Å². The molecule has 19 heavy (non-hydrogen) atoms. The van der Waals surface area contributed by atoms with E-state index in [2.05, 4.69) is 9.97 Å². The summed E-state index contributed by atoms with van der Waals surface area (Å²) in [5.74, 6) is 0.179. The minimum absolute atomic E-state index is 0.179. The number of imidazole rings is 1. The van der Waals surface area contributed by atoms with Crippen LogP contribution in [0.4, 0.5) is 4.79 Å². The molecule has 0 bridgehead atoms. The molecule has 0 saturated heterocycles. The van der Waals surface area contributed by atoms with E-state index in [1.807, 2.05) is 12.1 Å². The molecular weight excluding hydrogens is 246 g/mol. The third-order valence-electron chi connectivity index (χ3n) is 2.08. The average Bonchev–Trinajstić information content (AvgIpc) is 2.76. The molecule has 0 saturated carbocycles. The van der Waals surface area contributed by atoms with Crippen molar-refractivity contribution in [2.24, 2.45) is 0 Å². The molecule has 0 unspecified atom stereocenters. The van der Waals surface area contributed by atoms with Crippen LogP contribution in [0.2, 0.25) is 0 Å². The van der Waals surface area contributed by atoms with E-state index in [1.165, 1.54) is 6.33 Å². The Hall–Kier alpha value is -2.37. The minimum atomic E-state index is -0.774. The lowest BCUT2D eigenvalue weighted by atomic mass is 10.2. The lowest BCUT2D eigenvalue weighted by molar-refractivity contribution is 0.0198. The van der Waals surface area contributed by atoms with Crippen molar-refractivity contribution in [2.45, 2.75) is 26.4 Å². The first-order valence-electron chi connectivity index (χ1n) is 5.79. The van der Waals surface area contributed by atoms with Gasteiger partial charge in [0.1, 0.15) is 11.9 Å². The largest absolute Gasteiger partial charge is 0.515 e. The van der Waals surface area contributed by atoms with Crippen molar-refractivity contribution >= 4 is 6.16 Å². The Balaban J connectivity index is 2.04. The van der Waals surface area contributed by atoms with Crippen LogP contribution in [0.15, 0.2) is 37.1 Å². The Labute approximate surface area is 111 Å². The van der Waals surface area contributed by atoms with Crippen molar-refractivity contribution in [3.05, 3.63) is 37.1 Å². The Morgan fingerprint density at radius 1 is 1.37 bits per heavy atom. The molecule has 2 heterocycles. The van der Waals surface area contributed by atoms with Gasteiger partial charge in [-0.1, -0.05) is 0 Å². The average molecular weight is 261 g/mol. The van der Waals surface area contributed by atoms with Gasteiger partial charge in [-0.15, -0.1) is 0 Å². The predicted octanol–water partition coefficient (Wildman–Crippen LogP) is 2.58. The first kappa shape index (κ1) is 13.1. The molecule has 2 aromatic rings. The smallest absolute Gasteiger partial charge is 0.428 e. The fraction of sp³-hybridized carbons (Fsp3) is 0.308. The van der Waals surface area contributed by atoms with Crippen LogP contribution >= 0.6 is 0 Å². The second-order valence-electron chi connectivity index (χ2n) is 4.90. The van der Waals surface area contributed by atoms with Crippen molar-refractivity contribution in [3.8, 4) is 11.6 Å². The van der Waals surface area contributed by atoms with Crippen LogP contribution in [0.1, 0.15) is 20.8 Å². The van der Waals surface area contributed by atoms with Crippen LogP contribution in [0.5, 0.6) is 5.88 Å². The van der Waals surface area contributed by atoms with Crippen LogP contribution in [-0.4, -0.2) is 26.3 Å². The number of aromatic nitrogens is 3. The molecule has 0 aliphatic rings. The molecule has 0 aromatic carbocycles. The van der Waals surface area contributed by atoms with E-state index >= 15 is 0 Å². The Bertz CT molecular complexity index is 558. The topological polar surface area (TPSA) is 66.2 Å². The summed E-state index contributed by atoms with van der Waals surface area (Å²) in [6.07, 6.45) is 5.71. The van der Waals surface area contributed by atoms with Gasteiger partial charge >= 0.3 is 6.16 Å². The molecule has 0 fully saturated rings. The predicted molar refractivity (Wildman–Crippen MR) is 68.2 cm³/mol. The van der Waals surface area contributed by atoms with Crippen molar-refractivity contribution < 1.29 is 14.3 Å². The molecule has 2 aromatic heterocycles. The van der Waals surface area contributed by atoms with E-state index in [0.717, 1.165) is 5.69 Å². The standard InChI is InChI=1S/C13H15N3O3/c1-13(2,3)19-12(17)18-11-8-16(9-15-11)10-5-4-6-14-7-10/h4-9H,1-3H3. The highest BCUT2D eigenvalue weighted by molar-refractivity contribution is 5.63. The lowest BCUT2D eigenvalue weighted by Crippen LogP contribution is -2.26. The summed E-state index contributed by atoms with van der Waals surface area (Å²) < 4.78 is 11.7. The molecule has 6 heteroatoms. The summed E-state index contributed by atoms with van der Waals surface area (Å²) in [7, 11) is 0. The molecule has 0 atom stereocenters. The van der Waals surface area contributed by atoms with Gasteiger partial charge < -0.3 is 14.0 Å². The maximum atomic E-state index is 11.5. The second kappa shape index (κ2) is 5.09. The van der Waals surface area contributed by atoms with Crippen molar-refractivity contribution in [3.63, 3.8) is 0 Å². The van der Waals surface area contributed by atoms with E-state index in [4.69, 9.17) is 9.47 Å². The van der Waals surface area contributed by atoms with Gasteiger partial charge in [-0.25, -0.2) is 9.78 Å². The molecule has 0 spiro atoms. The first-order valence-corrected chi connectivity index (χ1v) is 5.79. The molecule has 0 aliphatic carbocycles. The minimum Gasteiger partial charge on any atom is -0.428 e. The first-order chi connectivity index (χ1) is 8.94. The van der Waals surface area contributed by atoms with E-state index < -0.39 is 11.8 Å². The third-order valence-corrected chi connectivity index (χ3v) is 2.08. The fourth-order valence-electron chi connectivity index (χ4n) is 1.36. The SMILES string of the molecule is CC(C)(C)OC(=O)Oc1cn(-c2cccnc2)cn1. The van der Waals surface area contributed by atoms with Crippen molar-refractivity contribution in [2.75, 3.05) is 0 Å². The zero-order valence-electron chi connectivity index (χ0n) is 11.0. The highest BCUT2D eigenvalue weighted by atomic mass is 16.7. The maximum Gasteiger partial charge on any atom is 0.515 e. The van der Waals surface area contributed by atoms with Crippen LogP contribution in [-0.2, 0) is 4.74 Å². The van der Waals surface area contributed by atoms with Crippen molar-refractivity contribution in [1.82, 2.24) is 14.5 Å². The summed E-state index contributed by atoms with van der Waals surface area (Å²) >= 11 is 0. The number of ether oxygens (including phenoxy) is 2. The second-order valence-corrected chi connectivity index (χ2v) is 4.90. The molecule has 0 N–H and O–H groups in total. The molecule has 6 nitrogen and oxygen atoms in total. The third kappa shape index (κ3) is 3.80. The summed E-state index contributed by atoms with van der Waals surface area (Å²) in [4.78, 5) is 19.4. The summed E-state index contributed by atoms with van der Waals surface area (Å²) in [5.41, 5.74) is 0.234. The molecular formula is C13H15N3O3. The number of carbonyl (C=O) groups excluding carboxylic acids is 1. The molecule has 100 valence electrons. The Morgan fingerprint density at radius 3 is 2.79 bits per heavy atom. The normalized spacial score (nSPS) is 11.1. The van der Waals surface area contributed by atoms with E-state index in [1.54, 1.807) is 43.9 Å². The highest BCUT2D eigenvalue weighted by Crippen LogP contribution is 2.14. The number of hydrogen-bond acceptors (Lipinski definition) is 5. The number of rotatable bonds is 2. The van der Waals surface area contributed by atoms with Crippen LogP contribution in [0.3, 0.4) is 0 Å². The van der Waals surface area contributed by atoms with E-state index in [0.29, 0.717) is 0 Å². The summed E-state index contributed by atoms with van der Waals surface area (Å²) in [5, 5.41) is 0. The van der Waals surface area contributed by atoms with Crippen LogP contribution in [0.25, 0.3) is 5.69 Å². The number of nitrogens with zero attached hydrogens (tertiary/aromatic N) is 3. The summed E-state index contributed by atoms with van der Waals surface area (Å²) in [6.45, 7) is 5.30. The Kier molecular flexibility index (Phi) is 3.50. The van der Waals surface area contributed by atoms with Crippen molar-refractivity contribution in [1.29, 1.82) is 0 Å². The van der Waals surface area contributed by atoms with Gasteiger partial charge in [0, 0.05) is 6.20 Å². The Morgan fingerprint density at radius 2 is 2.16 bits per heavy atom. The van der Waals surface area contributed by atoms with E-state index in [9.17, 15) is 4.79 Å². The number of hydrogen-bond donors (Lipinski definition) is 0.